The van der Waals surface area contributed by atoms with Gasteiger partial charge in [-0.25, -0.2) is 62.5 Å². The number of aromatic amines is 5. The van der Waals surface area contributed by atoms with Crippen LogP contribution in [0.25, 0.3) is 55.8 Å². The summed E-state index contributed by atoms with van der Waals surface area (Å²) >= 11 is 0. The number of aromatic nitrogens is 22. The van der Waals surface area contributed by atoms with Crippen molar-refractivity contribution in [1.82, 2.24) is 107 Å². The van der Waals surface area contributed by atoms with Gasteiger partial charge in [0.05, 0.1) is 90.5 Å². The van der Waals surface area contributed by atoms with Gasteiger partial charge in [-0.05, 0) is 35.7 Å². The Bertz CT molecular complexity index is 7870. The van der Waals surface area contributed by atoms with Gasteiger partial charge < -0.3 is 101 Å². The number of phosphoric acid groups is 5. The van der Waals surface area contributed by atoms with E-state index in [4.69, 9.17) is 112 Å². The number of aryl methyl sites for hydroxylation is 1. The van der Waals surface area contributed by atoms with Gasteiger partial charge in [-0.15, -0.1) is 0 Å². The third-order valence-corrected chi connectivity index (χ3v) is 28.7. The summed E-state index contributed by atoms with van der Waals surface area (Å²) in [5.74, 6) is -0.716. The SMILES string of the molecule is Cc1cn([C@H]2C[C@H](OP(=O)(O)OC[C@H]3O[C@@H](n4cnc5c(=O)[nH]c(N)nc54)C[C@@H]3OP(=O)(O)OC[C@H]3O[C@@H](n4cnc5c(=O)[nH]c(N)nc54)C[C@@H]3OP(=O)(O)OC[C@H]3O[C@@H](n4cnc5c(=O)[nH]c(N)nc54)C[C@@H]3OP(=O)(O)OC[C@H]3O[C@@H](n4cnc5c(N)ncnc54)C[C@@H]3OP(=O)(O)OC[C@H](O)Cn3cnc4c(=O)[nH]c(N)nc43)[C@@H](COCc3ccc(OCc4ccccc4)c(OCc4ccccc4)c3)O2)c(=O)[nH]c1=O. The molecule has 0 amide bonds. The quantitative estimate of drug-likeness (QED) is 0.0243. The number of H-pyrrole nitrogens is 5. The highest BCUT2D eigenvalue weighted by molar-refractivity contribution is 7.48. The van der Waals surface area contributed by atoms with E-state index in [1.54, 1.807) is 18.2 Å². The molecule has 3 aromatic carbocycles. The predicted molar refractivity (Wildman–Crippen MR) is 496 cm³/mol. The Morgan fingerprint density at radius 1 is 0.390 bits per heavy atom. The number of aliphatic hydroxyl groups is 1. The van der Waals surface area contributed by atoms with E-state index in [1.807, 2.05) is 60.7 Å². The first-order valence-corrected chi connectivity index (χ1v) is 51.6. The highest BCUT2D eigenvalue weighted by atomic mass is 31.2. The van der Waals surface area contributed by atoms with Gasteiger partial charge in [0.15, 0.2) is 67.6 Å². The molecule has 0 spiro atoms. The van der Waals surface area contributed by atoms with Crippen LogP contribution in [-0.4, -0.2) is 244 Å². The van der Waals surface area contributed by atoms with Gasteiger partial charge in [-0.2, -0.15) is 19.9 Å². The fourth-order valence-electron chi connectivity index (χ4n) is 16.9. The molecule has 16 heterocycles. The molecular formula is C79H90N27O35P5. The number of nitrogen functional groups attached to an aromatic ring is 5. The molecule has 5 saturated heterocycles. The minimum Gasteiger partial charge on any atom is -0.485 e. The Balaban J connectivity index is 0.547. The molecule has 146 heavy (non-hydrogen) atoms. The lowest BCUT2D eigenvalue weighted by atomic mass is 10.2. The van der Waals surface area contributed by atoms with Crippen molar-refractivity contribution in [1.29, 1.82) is 0 Å². The molecule has 0 aliphatic carbocycles. The zero-order valence-corrected chi connectivity index (χ0v) is 80.1. The van der Waals surface area contributed by atoms with Gasteiger partial charge in [0.1, 0.15) is 117 Å². The predicted octanol–water partition coefficient (Wildman–Crippen LogP) is 1.81. The van der Waals surface area contributed by atoms with Crippen LogP contribution in [0.2, 0.25) is 0 Å². The van der Waals surface area contributed by atoms with Gasteiger partial charge in [0, 0.05) is 43.9 Å². The molecule has 14 aromatic rings. The Labute approximate surface area is 814 Å². The van der Waals surface area contributed by atoms with E-state index in [0.717, 1.165) is 56.5 Å². The van der Waals surface area contributed by atoms with E-state index < -0.39 is 242 Å². The van der Waals surface area contributed by atoms with Gasteiger partial charge >= 0.3 is 44.8 Å². The van der Waals surface area contributed by atoms with Crippen LogP contribution in [0.4, 0.5) is 29.6 Å². The maximum absolute atomic E-state index is 14.8. The van der Waals surface area contributed by atoms with E-state index in [-0.39, 0.29) is 118 Å². The topological polar surface area (TPSA) is 856 Å². The van der Waals surface area contributed by atoms with E-state index >= 15 is 0 Å². The second kappa shape index (κ2) is 41.8. The third-order valence-electron chi connectivity index (χ3n) is 23.7. The number of aliphatic hydroxyl groups excluding tert-OH is 1. The van der Waals surface area contributed by atoms with Crippen molar-refractivity contribution in [3.8, 4) is 11.5 Å². The molecule has 67 heteroatoms. The number of phosphoric ester groups is 5. The summed E-state index contributed by atoms with van der Waals surface area (Å²) in [6.45, 7) is -4.35. The van der Waals surface area contributed by atoms with Gasteiger partial charge in [-0.1, -0.05) is 66.7 Å². The van der Waals surface area contributed by atoms with Gasteiger partial charge in [0.2, 0.25) is 23.8 Å². The average Bonchev–Trinajstić information content (AvgIpc) is 1.63. The van der Waals surface area contributed by atoms with Crippen LogP contribution < -0.4 is 71.6 Å². The Hall–Kier alpha value is -12.8. The number of nitrogens with one attached hydrogen (secondary N) is 5. The largest absolute Gasteiger partial charge is 0.485 e. The molecule has 5 aliphatic heterocycles. The van der Waals surface area contributed by atoms with Crippen LogP contribution in [0, 0.1) is 6.92 Å². The number of hydrogen-bond donors (Lipinski definition) is 16. The fourth-order valence-corrected chi connectivity index (χ4v) is 21.7. The van der Waals surface area contributed by atoms with Crippen molar-refractivity contribution < 1.29 is 136 Å². The zero-order chi connectivity index (χ0) is 103. The van der Waals surface area contributed by atoms with Crippen molar-refractivity contribution in [2.75, 3.05) is 68.3 Å². The summed E-state index contributed by atoms with van der Waals surface area (Å²) in [4.78, 5) is 193. The number of fused-ring (bicyclic) bond motifs is 5. The zero-order valence-electron chi connectivity index (χ0n) is 75.6. The van der Waals surface area contributed by atoms with Crippen LogP contribution in [0.5, 0.6) is 11.5 Å². The Morgan fingerprint density at radius 2 is 0.747 bits per heavy atom. The monoisotopic (exact) mass is 2130 g/mol. The van der Waals surface area contributed by atoms with E-state index in [1.165, 1.54) is 33.1 Å². The second-order valence-electron chi connectivity index (χ2n) is 33.8. The van der Waals surface area contributed by atoms with Crippen molar-refractivity contribution in [3.63, 3.8) is 0 Å². The summed E-state index contributed by atoms with van der Waals surface area (Å²) in [6.07, 6.45) is -19.5. The first-order chi connectivity index (χ1) is 69.7. The Kier molecular flexibility index (Phi) is 29.2. The highest BCUT2D eigenvalue weighted by Gasteiger charge is 2.52. The molecule has 776 valence electrons. The van der Waals surface area contributed by atoms with E-state index in [9.17, 15) is 81.2 Å². The lowest BCUT2D eigenvalue weighted by molar-refractivity contribution is -0.0711. The number of nitrogens with two attached hydrogens (primary N) is 5. The number of nitrogens with zero attached hydrogens (tertiary/aromatic N) is 17. The smallest absolute Gasteiger partial charge is 0.472 e. The molecule has 5 unspecified atom stereocenters. The van der Waals surface area contributed by atoms with E-state index in [0.29, 0.717) is 17.1 Å². The van der Waals surface area contributed by atoms with Crippen LogP contribution >= 0.6 is 39.1 Å². The molecule has 62 nitrogen and oxygen atoms in total. The number of anilines is 5. The summed E-state index contributed by atoms with van der Waals surface area (Å²) < 4.78 is 186. The lowest BCUT2D eigenvalue weighted by Crippen LogP contribution is -2.33. The molecule has 0 saturated carbocycles. The molecule has 5 aliphatic rings. The molecule has 19 rings (SSSR count). The van der Waals surface area contributed by atoms with Gasteiger partial charge in [-0.3, -0.25) is 117 Å². The van der Waals surface area contributed by atoms with Crippen LogP contribution in [-0.2, 0) is 123 Å². The molecule has 0 radical (unpaired) electrons. The minimum atomic E-state index is -5.71. The third kappa shape index (κ3) is 23.1. The first kappa shape index (κ1) is 102. The average molecular weight is 2130 g/mol. The molecule has 5 fully saturated rings. The van der Waals surface area contributed by atoms with Crippen molar-refractivity contribution >= 4 is 125 Å². The highest BCUT2D eigenvalue weighted by Crippen LogP contribution is 2.57. The first-order valence-electron chi connectivity index (χ1n) is 44.1. The summed E-state index contributed by atoms with van der Waals surface area (Å²) in [6, 6.07) is 24.0. The number of ether oxygens (including phenoxy) is 8. The number of imidazole rings is 5. The number of hydrogen-bond acceptors (Lipinski definition) is 46. The molecule has 0 bridgehead atoms. The summed E-state index contributed by atoms with van der Waals surface area (Å²) in [5.41, 5.74) is 26.0. The van der Waals surface area contributed by atoms with E-state index in [2.05, 4.69) is 79.7 Å². The molecule has 21 atom stereocenters. The van der Waals surface area contributed by atoms with Crippen molar-refractivity contribution in [2.24, 2.45) is 0 Å². The van der Waals surface area contributed by atoms with Gasteiger partial charge in [0.25, 0.3) is 27.8 Å². The maximum Gasteiger partial charge on any atom is 0.472 e. The van der Waals surface area contributed by atoms with Crippen LogP contribution in [0.15, 0.2) is 152 Å². The molecular weight excluding hydrogens is 2040 g/mol. The van der Waals surface area contributed by atoms with Crippen molar-refractivity contribution in [3.05, 3.63) is 208 Å². The lowest BCUT2D eigenvalue weighted by Gasteiger charge is -2.26. The standard InChI is InChI=1S/C79H90N27O35P5/c1-37-20-102(79(113)100-70(37)108)54-15-44(49(132-54)26-124-22-40-12-13-42(125-23-38-8-4-2-5-9-38)43(14-40)126-24-39-10-6-3-7-11-39)137-143(116,117)128-28-51-46(17-56(134-51)104-34-89-61-67(104)93-76(82)97-72(61)110)140-145(120,121)130-30-53-48(19-58(136-53)106-36-91-63-69(106)95-78(84)99-74(63)112)141-146(122,123)131-29-52-47(18-57(135-52)105-35-90-62-68(105)94-77(83)98-73(62)111)139-144(118,119)129-27-50-45(16-55(133-50)103-33-88-59-64(80)85-31-86-65(59)103)138-142(114,115)127-25-41(107)21-101-32-87-60-66(101)92-75(81)96-71(60)109/h2-14,20,31-36,41,44-58,107H,15-19,21-30H2,1H3,(H,114,115)(H,116,117)(H,118,119)(H,120,121)(H,122,123)(H2,80,85,86)(H,100,108,113)(H3,81,92,96,109)(H3,82,93,97,110)(H3,83,94,98,111)(H3,84,95,99,112)/t41-,44+,45+,46+,47+,48+,49-,50-,51-,52-,53-,54-,55-,56-,57-,58-/m1/s1. The number of rotatable bonds is 42. The van der Waals surface area contributed by atoms with Crippen LogP contribution in [0.1, 0.15) is 85.5 Å². The normalized spacial score (nSPS) is 24.6. The maximum atomic E-state index is 14.8. The number of benzene rings is 3. The minimum absolute atomic E-state index is 0.0413. The summed E-state index contributed by atoms with van der Waals surface area (Å²) in [7, 11) is -27.8. The molecule has 11 aromatic heterocycles. The van der Waals surface area contributed by atoms with Crippen molar-refractivity contribution in [2.45, 2.75) is 164 Å². The fraction of sp³-hybridized carbons (Fsp3) is 0.405. The molecule has 21 N–H and O–H groups in total. The second-order valence-corrected chi connectivity index (χ2v) is 40.8. The summed E-state index contributed by atoms with van der Waals surface area (Å²) in [5, 5.41) is 11.0. The Morgan fingerprint density at radius 3 is 1.16 bits per heavy atom. The van der Waals surface area contributed by atoms with Crippen LogP contribution in [0.3, 0.4) is 0 Å².